The van der Waals surface area contributed by atoms with E-state index in [1.54, 1.807) is 12.3 Å². The van der Waals surface area contributed by atoms with E-state index in [1.165, 1.54) is 29.5 Å². The Kier molecular flexibility index (Phi) is 4.47. The van der Waals surface area contributed by atoms with Crippen LogP contribution >= 0.6 is 11.3 Å². The molecule has 130 valence electrons. The molecule has 0 fully saturated rings. The van der Waals surface area contributed by atoms with E-state index in [9.17, 15) is 18.0 Å². The van der Waals surface area contributed by atoms with Crippen LogP contribution in [0.2, 0.25) is 0 Å². The summed E-state index contributed by atoms with van der Waals surface area (Å²) in [5.41, 5.74) is 0.861. The van der Waals surface area contributed by atoms with E-state index < -0.39 is 11.7 Å². The lowest BCUT2D eigenvalue weighted by Crippen LogP contribution is -2.08. The van der Waals surface area contributed by atoms with Gasteiger partial charge in [0.2, 0.25) is 0 Å². The topological polar surface area (TPSA) is 58.6 Å². The van der Waals surface area contributed by atoms with Crippen molar-refractivity contribution in [3.8, 4) is 11.4 Å². The monoisotopic (exact) mass is 365 g/mol. The third-order valence-electron chi connectivity index (χ3n) is 3.75. The number of aromatic nitrogens is 3. The van der Waals surface area contributed by atoms with Crippen LogP contribution in [0.3, 0.4) is 0 Å². The van der Waals surface area contributed by atoms with Crippen LogP contribution in [0.5, 0.6) is 0 Å². The van der Waals surface area contributed by atoms with Crippen LogP contribution in [0, 0.1) is 6.92 Å². The lowest BCUT2D eigenvalue weighted by molar-refractivity contribution is -0.137. The highest BCUT2D eigenvalue weighted by Crippen LogP contribution is 2.33. The van der Waals surface area contributed by atoms with Crippen molar-refractivity contribution in [2.75, 3.05) is 0 Å². The van der Waals surface area contributed by atoms with Crippen molar-refractivity contribution < 1.29 is 13.2 Å². The molecule has 0 spiro atoms. The molecule has 1 aromatic carbocycles. The number of benzene rings is 1. The maximum atomic E-state index is 12.7. The van der Waals surface area contributed by atoms with Gasteiger partial charge in [-0.15, -0.1) is 11.3 Å². The predicted octanol–water partition coefficient (Wildman–Crippen LogP) is 4.37. The summed E-state index contributed by atoms with van der Waals surface area (Å²) < 4.78 is 38.0. The standard InChI is InChI=1S/C17H14F3N3OS/c1-9(11-3-5-12(6-4-11)17(18,19)20)16-23-14(8-25-16)13-7-15(24)22-10(2)21-13/h3-9H,1-2H3,(H,21,22,24). The van der Waals surface area contributed by atoms with E-state index in [1.807, 2.05) is 6.92 Å². The summed E-state index contributed by atoms with van der Waals surface area (Å²) in [4.78, 5) is 22.9. The molecule has 1 unspecified atom stereocenters. The fourth-order valence-electron chi connectivity index (χ4n) is 2.42. The molecule has 0 bridgehead atoms. The van der Waals surface area contributed by atoms with Gasteiger partial charge in [-0.05, 0) is 24.6 Å². The molecule has 4 nitrogen and oxygen atoms in total. The summed E-state index contributed by atoms with van der Waals surface area (Å²) in [7, 11) is 0. The van der Waals surface area contributed by atoms with Crippen LogP contribution < -0.4 is 5.56 Å². The van der Waals surface area contributed by atoms with E-state index in [0.717, 1.165) is 22.7 Å². The summed E-state index contributed by atoms with van der Waals surface area (Å²) in [5.74, 6) is 0.331. The van der Waals surface area contributed by atoms with Crippen LogP contribution in [-0.2, 0) is 6.18 Å². The summed E-state index contributed by atoms with van der Waals surface area (Å²) in [6.45, 7) is 3.56. The van der Waals surface area contributed by atoms with Crippen LogP contribution in [0.4, 0.5) is 13.2 Å². The Bertz CT molecular complexity index is 945. The SMILES string of the molecule is Cc1nc(-c2csc(C(C)c3ccc(C(F)(F)F)cc3)n2)cc(=O)[nH]1. The largest absolute Gasteiger partial charge is 0.416 e. The normalized spacial score (nSPS) is 13.0. The Balaban J connectivity index is 1.87. The Morgan fingerprint density at radius 1 is 1.12 bits per heavy atom. The van der Waals surface area contributed by atoms with Gasteiger partial charge in [0.15, 0.2) is 0 Å². The molecule has 2 aromatic heterocycles. The first-order valence-corrected chi connectivity index (χ1v) is 8.33. The van der Waals surface area contributed by atoms with Crippen LogP contribution in [-0.4, -0.2) is 15.0 Å². The van der Waals surface area contributed by atoms with Crippen molar-refractivity contribution >= 4 is 11.3 Å². The van der Waals surface area contributed by atoms with Gasteiger partial charge in [0.25, 0.3) is 5.56 Å². The number of aryl methyl sites for hydroxylation is 1. The number of nitrogens with one attached hydrogen (secondary N) is 1. The second kappa shape index (κ2) is 6.44. The molecular weight excluding hydrogens is 351 g/mol. The van der Waals surface area contributed by atoms with Crippen molar-refractivity contribution in [1.29, 1.82) is 0 Å². The number of hydrogen-bond acceptors (Lipinski definition) is 4. The van der Waals surface area contributed by atoms with Crippen LogP contribution in [0.15, 0.2) is 40.5 Å². The highest BCUT2D eigenvalue weighted by molar-refractivity contribution is 7.10. The molecule has 3 rings (SSSR count). The second-order valence-electron chi connectivity index (χ2n) is 5.63. The fourth-order valence-corrected chi connectivity index (χ4v) is 3.32. The molecule has 0 saturated carbocycles. The predicted molar refractivity (Wildman–Crippen MR) is 89.7 cm³/mol. The third-order valence-corrected chi connectivity index (χ3v) is 4.78. The number of hydrogen-bond donors (Lipinski definition) is 1. The molecular formula is C17H14F3N3OS. The Morgan fingerprint density at radius 3 is 2.40 bits per heavy atom. The average molecular weight is 365 g/mol. The lowest BCUT2D eigenvalue weighted by atomic mass is 10.0. The van der Waals surface area contributed by atoms with Gasteiger partial charge in [-0.1, -0.05) is 19.1 Å². The zero-order valence-corrected chi connectivity index (χ0v) is 14.2. The number of alkyl halides is 3. The highest BCUT2D eigenvalue weighted by Gasteiger charge is 2.30. The highest BCUT2D eigenvalue weighted by atomic mass is 32.1. The molecule has 0 aliphatic rings. The van der Waals surface area contributed by atoms with Gasteiger partial charge >= 0.3 is 6.18 Å². The van der Waals surface area contributed by atoms with Gasteiger partial charge in [0.1, 0.15) is 16.5 Å². The van der Waals surface area contributed by atoms with Gasteiger partial charge in [0.05, 0.1) is 11.3 Å². The van der Waals surface area contributed by atoms with Crippen molar-refractivity contribution in [3.05, 3.63) is 68.0 Å². The van der Waals surface area contributed by atoms with E-state index in [-0.39, 0.29) is 11.5 Å². The number of thiazole rings is 1. The lowest BCUT2D eigenvalue weighted by Gasteiger charge is -2.11. The first-order chi connectivity index (χ1) is 11.7. The molecule has 0 amide bonds. The smallest absolute Gasteiger partial charge is 0.311 e. The van der Waals surface area contributed by atoms with E-state index in [4.69, 9.17) is 0 Å². The number of aromatic amines is 1. The number of H-pyrrole nitrogens is 1. The minimum Gasteiger partial charge on any atom is -0.311 e. The molecule has 1 N–H and O–H groups in total. The number of rotatable bonds is 3. The van der Waals surface area contributed by atoms with Crippen molar-refractivity contribution in [3.63, 3.8) is 0 Å². The van der Waals surface area contributed by atoms with Gasteiger partial charge in [0, 0.05) is 17.4 Å². The molecule has 1 atom stereocenters. The summed E-state index contributed by atoms with van der Waals surface area (Å²) in [5, 5.41) is 2.53. The second-order valence-corrected chi connectivity index (χ2v) is 6.52. The zero-order chi connectivity index (χ0) is 18.2. The Hall–Kier alpha value is -2.48. The maximum absolute atomic E-state index is 12.7. The summed E-state index contributed by atoms with van der Waals surface area (Å²) in [6, 6.07) is 6.44. The molecule has 8 heteroatoms. The van der Waals surface area contributed by atoms with E-state index in [0.29, 0.717) is 17.2 Å². The van der Waals surface area contributed by atoms with Crippen molar-refractivity contribution in [1.82, 2.24) is 15.0 Å². The number of halogens is 3. The third kappa shape index (κ3) is 3.79. The van der Waals surface area contributed by atoms with Crippen LogP contribution in [0.25, 0.3) is 11.4 Å². The quantitative estimate of drug-likeness (QED) is 0.750. The van der Waals surface area contributed by atoms with Gasteiger partial charge < -0.3 is 4.98 Å². The Labute approximate surface area is 145 Å². The maximum Gasteiger partial charge on any atom is 0.416 e. The molecule has 2 heterocycles. The van der Waals surface area contributed by atoms with Crippen LogP contribution in [0.1, 0.15) is 34.8 Å². The molecule has 0 aliphatic carbocycles. The summed E-state index contributed by atoms with van der Waals surface area (Å²) in [6.07, 6.45) is -4.35. The van der Waals surface area contributed by atoms with E-state index in [2.05, 4.69) is 15.0 Å². The molecule has 0 aliphatic heterocycles. The first-order valence-electron chi connectivity index (χ1n) is 7.45. The minimum absolute atomic E-state index is 0.163. The van der Waals surface area contributed by atoms with Crippen molar-refractivity contribution in [2.24, 2.45) is 0 Å². The summed E-state index contributed by atoms with van der Waals surface area (Å²) >= 11 is 1.38. The van der Waals surface area contributed by atoms with Gasteiger partial charge in [-0.3, -0.25) is 4.79 Å². The average Bonchev–Trinajstić information content (AvgIpc) is 3.02. The molecule has 0 saturated heterocycles. The molecule has 0 radical (unpaired) electrons. The van der Waals surface area contributed by atoms with Crippen molar-refractivity contribution in [2.45, 2.75) is 25.9 Å². The Morgan fingerprint density at radius 2 is 1.80 bits per heavy atom. The van der Waals surface area contributed by atoms with E-state index >= 15 is 0 Å². The minimum atomic E-state index is -4.35. The first kappa shape index (κ1) is 17.3. The van der Waals surface area contributed by atoms with Gasteiger partial charge in [-0.2, -0.15) is 13.2 Å². The van der Waals surface area contributed by atoms with Gasteiger partial charge in [-0.25, -0.2) is 9.97 Å². The molecule has 25 heavy (non-hydrogen) atoms. The zero-order valence-electron chi connectivity index (χ0n) is 13.4. The fraction of sp³-hybridized carbons (Fsp3) is 0.235. The molecule has 3 aromatic rings. The number of nitrogens with zero attached hydrogens (tertiary/aromatic N) is 2.